The SMILES string of the molecule is CCCCCCC1CN=CC(NC(=O)C(C(N)N)C2NCC(Cl)CCC2C2CCCCC2)C1N1CCC(N2CC(F)(F)C2)CC1. The van der Waals surface area contributed by atoms with E-state index in [0.717, 1.165) is 58.2 Å². The molecule has 0 bridgehead atoms. The molecule has 1 saturated carbocycles. The Labute approximate surface area is 275 Å². The largest absolute Gasteiger partial charge is 0.346 e. The molecule has 11 heteroatoms. The Morgan fingerprint density at radius 1 is 1.04 bits per heavy atom. The van der Waals surface area contributed by atoms with Gasteiger partial charge in [0.15, 0.2) is 0 Å². The van der Waals surface area contributed by atoms with Crippen molar-refractivity contribution in [1.82, 2.24) is 20.4 Å². The Morgan fingerprint density at radius 3 is 2.44 bits per heavy atom. The molecule has 8 nitrogen and oxygen atoms in total. The van der Waals surface area contributed by atoms with Gasteiger partial charge in [0, 0.05) is 55.9 Å². The number of piperidine rings is 1. The monoisotopic (exact) mass is 655 g/mol. The lowest BCUT2D eigenvalue weighted by Gasteiger charge is -2.50. The van der Waals surface area contributed by atoms with Crippen LogP contribution in [0.15, 0.2) is 4.99 Å². The number of carbonyl (C=O) groups excluding carboxylic acids is 1. The zero-order valence-corrected chi connectivity index (χ0v) is 28.3. The molecule has 1 aliphatic carbocycles. The van der Waals surface area contributed by atoms with E-state index in [1.807, 2.05) is 11.1 Å². The summed E-state index contributed by atoms with van der Waals surface area (Å²) >= 11 is 6.66. The minimum Gasteiger partial charge on any atom is -0.346 e. The number of hydrogen-bond donors (Lipinski definition) is 4. The lowest BCUT2D eigenvalue weighted by molar-refractivity contribution is -0.152. The maximum absolute atomic E-state index is 14.4. The molecule has 7 atom stereocenters. The molecule has 0 spiro atoms. The topological polar surface area (TPSA) is 112 Å². The van der Waals surface area contributed by atoms with E-state index in [-0.39, 0.29) is 48.5 Å². The minimum absolute atomic E-state index is 0.0348. The van der Waals surface area contributed by atoms with E-state index in [1.165, 1.54) is 51.4 Å². The van der Waals surface area contributed by atoms with Gasteiger partial charge in [0.05, 0.1) is 31.2 Å². The Hall–Kier alpha value is -0.910. The molecule has 4 aliphatic heterocycles. The number of amides is 1. The normalized spacial score (nSPS) is 34.7. The maximum Gasteiger partial charge on any atom is 0.272 e. The number of rotatable bonds is 12. The summed E-state index contributed by atoms with van der Waals surface area (Å²) in [5, 5.41) is 7.14. The molecule has 45 heavy (non-hydrogen) atoms. The molecular weight excluding hydrogens is 596 g/mol. The summed E-state index contributed by atoms with van der Waals surface area (Å²) in [5.41, 5.74) is 12.9. The lowest BCUT2D eigenvalue weighted by atomic mass is 9.71. The van der Waals surface area contributed by atoms with E-state index in [4.69, 9.17) is 28.1 Å². The summed E-state index contributed by atoms with van der Waals surface area (Å²) in [7, 11) is 0. The van der Waals surface area contributed by atoms with Crippen molar-refractivity contribution in [3.63, 3.8) is 0 Å². The van der Waals surface area contributed by atoms with Crippen molar-refractivity contribution in [3.8, 4) is 0 Å². The molecular formula is C34H60ClF2N7O. The molecule has 258 valence electrons. The molecule has 3 saturated heterocycles. The van der Waals surface area contributed by atoms with Crippen LogP contribution in [-0.2, 0) is 4.79 Å². The van der Waals surface area contributed by atoms with Crippen LogP contribution < -0.4 is 22.1 Å². The molecule has 1 amide bonds. The molecule has 0 aromatic carbocycles. The van der Waals surface area contributed by atoms with Crippen LogP contribution >= 0.6 is 11.6 Å². The number of halogens is 3. The highest BCUT2D eigenvalue weighted by atomic mass is 35.5. The summed E-state index contributed by atoms with van der Waals surface area (Å²) < 4.78 is 27.2. The third-order valence-corrected chi connectivity index (χ3v) is 12.1. The molecule has 0 radical (unpaired) electrons. The third kappa shape index (κ3) is 9.17. The van der Waals surface area contributed by atoms with E-state index in [1.54, 1.807) is 0 Å². The minimum atomic E-state index is -2.54. The number of alkyl halides is 3. The molecule has 7 unspecified atom stereocenters. The summed E-state index contributed by atoms with van der Waals surface area (Å²) in [5.74, 6) is -2.01. The highest BCUT2D eigenvalue weighted by Gasteiger charge is 2.48. The smallest absolute Gasteiger partial charge is 0.272 e. The van der Waals surface area contributed by atoms with Gasteiger partial charge < -0.3 is 22.1 Å². The van der Waals surface area contributed by atoms with Crippen LogP contribution in [-0.4, -0.2) is 103 Å². The summed E-state index contributed by atoms with van der Waals surface area (Å²) in [6.07, 6.45) is 16.8. The van der Waals surface area contributed by atoms with E-state index >= 15 is 0 Å². The summed E-state index contributed by atoms with van der Waals surface area (Å²) in [4.78, 5) is 23.6. The number of nitrogens with two attached hydrogens (primary N) is 2. The van der Waals surface area contributed by atoms with Crippen LogP contribution in [0.1, 0.15) is 96.8 Å². The van der Waals surface area contributed by atoms with Gasteiger partial charge in [-0.05, 0) is 49.9 Å². The van der Waals surface area contributed by atoms with Gasteiger partial charge in [-0.1, -0.05) is 64.7 Å². The molecule has 0 aromatic rings. The first-order valence-corrected chi connectivity index (χ1v) is 18.7. The zero-order valence-electron chi connectivity index (χ0n) is 27.5. The molecule has 6 N–H and O–H groups in total. The van der Waals surface area contributed by atoms with Crippen molar-refractivity contribution in [2.24, 2.45) is 40.1 Å². The quantitative estimate of drug-likeness (QED) is 0.141. The van der Waals surface area contributed by atoms with Crippen molar-refractivity contribution in [2.45, 2.75) is 138 Å². The first kappa shape index (κ1) is 35.4. The van der Waals surface area contributed by atoms with E-state index < -0.39 is 18.0 Å². The number of aliphatic imine (C=N–C) groups is 1. The fourth-order valence-electron chi connectivity index (χ4n) is 9.29. The average Bonchev–Trinajstić information content (AvgIpc) is 3.20. The number of nitrogens with zero attached hydrogens (tertiary/aromatic N) is 3. The number of likely N-dealkylation sites (tertiary alicyclic amines) is 2. The zero-order chi connectivity index (χ0) is 32.0. The summed E-state index contributed by atoms with van der Waals surface area (Å²) in [6.45, 7) is 5.08. The predicted molar refractivity (Wildman–Crippen MR) is 179 cm³/mol. The highest BCUT2D eigenvalue weighted by Crippen LogP contribution is 2.39. The van der Waals surface area contributed by atoms with Gasteiger partial charge in [0.2, 0.25) is 5.91 Å². The summed E-state index contributed by atoms with van der Waals surface area (Å²) in [6, 6.07) is -0.0399. The Kier molecular flexibility index (Phi) is 13.0. The first-order valence-electron chi connectivity index (χ1n) is 18.2. The van der Waals surface area contributed by atoms with Gasteiger partial charge in [0.1, 0.15) is 0 Å². The fourth-order valence-corrected chi connectivity index (χ4v) is 9.51. The highest BCUT2D eigenvalue weighted by molar-refractivity contribution is 6.20. The van der Waals surface area contributed by atoms with Crippen LogP contribution in [0.4, 0.5) is 8.78 Å². The van der Waals surface area contributed by atoms with Crippen molar-refractivity contribution in [1.29, 1.82) is 0 Å². The van der Waals surface area contributed by atoms with Crippen LogP contribution in [0.25, 0.3) is 0 Å². The number of hydrogen-bond acceptors (Lipinski definition) is 7. The van der Waals surface area contributed by atoms with E-state index in [0.29, 0.717) is 24.3 Å². The molecule has 4 heterocycles. The van der Waals surface area contributed by atoms with E-state index in [9.17, 15) is 13.6 Å². The van der Waals surface area contributed by atoms with Crippen molar-refractivity contribution >= 4 is 23.7 Å². The van der Waals surface area contributed by atoms with Crippen LogP contribution in [0.3, 0.4) is 0 Å². The van der Waals surface area contributed by atoms with Gasteiger partial charge in [-0.2, -0.15) is 0 Å². The Balaban J connectivity index is 1.31. The van der Waals surface area contributed by atoms with Gasteiger partial charge in [0.25, 0.3) is 5.92 Å². The second kappa shape index (κ2) is 16.5. The second-order valence-electron chi connectivity index (χ2n) is 15.0. The van der Waals surface area contributed by atoms with Crippen molar-refractivity contribution in [2.75, 3.05) is 39.3 Å². The van der Waals surface area contributed by atoms with E-state index in [2.05, 4.69) is 22.5 Å². The molecule has 4 fully saturated rings. The van der Waals surface area contributed by atoms with Gasteiger partial charge in [-0.3, -0.25) is 19.6 Å². The predicted octanol–water partition coefficient (Wildman–Crippen LogP) is 4.34. The second-order valence-corrected chi connectivity index (χ2v) is 15.6. The first-order chi connectivity index (χ1) is 21.7. The van der Waals surface area contributed by atoms with Gasteiger partial charge in [-0.15, -0.1) is 11.6 Å². The Morgan fingerprint density at radius 2 is 1.78 bits per heavy atom. The van der Waals surface area contributed by atoms with Crippen LogP contribution in [0.5, 0.6) is 0 Å². The number of nitrogens with one attached hydrogen (secondary N) is 2. The van der Waals surface area contributed by atoms with Crippen LogP contribution in [0.2, 0.25) is 0 Å². The van der Waals surface area contributed by atoms with Crippen molar-refractivity contribution < 1.29 is 13.6 Å². The van der Waals surface area contributed by atoms with Gasteiger partial charge in [-0.25, -0.2) is 8.78 Å². The average molecular weight is 656 g/mol. The van der Waals surface area contributed by atoms with Gasteiger partial charge >= 0.3 is 0 Å². The fraction of sp³-hybridized carbons (Fsp3) is 0.941. The van der Waals surface area contributed by atoms with Crippen molar-refractivity contribution in [3.05, 3.63) is 0 Å². The van der Waals surface area contributed by atoms with Crippen LogP contribution in [0, 0.1) is 23.7 Å². The molecule has 5 rings (SSSR count). The lowest BCUT2D eigenvalue weighted by Crippen LogP contribution is -2.65. The number of carbonyl (C=O) groups is 1. The standard InChI is InChI=1S/C34H60ClF2N7O/c1-2-3-4-6-11-24-18-40-20-28(31(24)43-16-14-26(15-17-43)44-21-34(36,37)22-44)42-33(45)29(32(38)39)30-27(13-12-25(35)19-41-30)23-9-7-5-8-10-23/h20,23-32,41H,2-19,21-22,38-39H2,1H3,(H,42,45). The molecule has 5 aliphatic rings. The number of unbranched alkanes of at least 4 members (excludes halogenated alkanes) is 3. The molecule has 0 aromatic heterocycles. The third-order valence-electron chi connectivity index (χ3n) is 11.7. The Bertz CT molecular complexity index is 951. The maximum atomic E-state index is 14.4.